The lowest BCUT2D eigenvalue weighted by Crippen LogP contribution is -2.42. The lowest BCUT2D eigenvalue weighted by atomic mass is 9.87. The van der Waals surface area contributed by atoms with Gasteiger partial charge in [0, 0.05) is 23.7 Å². The summed E-state index contributed by atoms with van der Waals surface area (Å²) >= 11 is 0. The highest BCUT2D eigenvalue weighted by molar-refractivity contribution is 6.74. The van der Waals surface area contributed by atoms with Gasteiger partial charge < -0.3 is 18.8 Å². The molecule has 3 atom stereocenters. The Labute approximate surface area is 309 Å². The lowest BCUT2D eigenvalue weighted by molar-refractivity contribution is -0.117. The van der Waals surface area contributed by atoms with Gasteiger partial charge in [-0.3, -0.25) is 4.79 Å². The number of rotatable bonds is 14. The quantitative estimate of drug-likeness (QED) is 0.107. The molecule has 1 amide bonds. The maximum absolute atomic E-state index is 14.1. The first-order valence-corrected chi connectivity index (χ1v) is 21.2. The van der Waals surface area contributed by atoms with Crippen molar-refractivity contribution < 1.29 is 23.1 Å². The fraction of sp³-hybridized carbons (Fsp3) is 0.311. The van der Waals surface area contributed by atoms with Gasteiger partial charge in [0.15, 0.2) is 8.32 Å². The summed E-state index contributed by atoms with van der Waals surface area (Å²) in [5.74, 6) is 1.15. The Morgan fingerprint density at radius 3 is 1.94 bits per heavy atom. The maximum atomic E-state index is 14.1. The molecule has 1 fully saturated rings. The molecule has 52 heavy (non-hydrogen) atoms. The van der Waals surface area contributed by atoms with E-state index in [2.05, 4.69) is 39.9 Å². The Balaban J connectivity index is 1.36. The van der Waals surface area contributed by atoms with E-state index in [-0.39, 0.29) is 34.8 Å². The molecular weight excluding hydrogens is 666 g/mol. The molecule has 270 valence electrons. The van der Waals surface area contributed by atoms with E-state index < -0.39 is 8.32 Å². The molecular formula is C45H50FNO4Si. The SMILES string of the molecule is CC(C)(C)[Si](C)(C)O[C@@H](CC[C@H]1CC(=O)N(c2ccccc2)[C@@H]1c1ccc(OCc2ccccc2)cc1OCc1ccccc1)c1ccc(F)cc1. The molecule has 1 heterocycles. The minimum absolute atomic E-state index is 0.00340. The smallest absolute Gasteiger partial charge is 0.227 e. The zero-order chi connectivity index (χ0) is 36.7. The van der Waals surface area contributed by atoms with Crippen LogP contribution < -0.4 is 14.4 Å². The van der Waals surface area contributed by atoms with Gasteiger partial charge in [-0.1, -0.05) is 112 Å². The minimum Gasteiger partial charge on any atom is -0.489 e. The normalized spacial score (nSPS) is 16.9. The van der Waals surface area contributed by atoms with Gasteiger partial charge in [0.25, 0.3) is 0 Å². The van der Waals surface area contributed by atoms with Gasteiger partial charge in [0.1, 0.15) is 30.5 Å². The average molecular weight is 716 g/mol. The topological polar surface area (TPSA) is 48.0 Å². The van der Waals surface area contributed by atoms with Crippen LogP contribution in [0.3, 0.4) is 0 Å². The van der Waals surface area contributed by atoms with E-state index in [1.165, 1.54) is 12.1 Å². The van der Waals surface area contributed by atoms with Gasteiger partial charge in [-0.05, 0) is 90.0 Å². The highest BCUT2D eigenvalue weighted by atomic mass is 28.4. The average Bonchev–Trinajstić information content (AvgIpc) is 3.47. The molecule has 0 aromatic heterocycles. The van der Waals surface area contributed by atoms with Gasteiger partial charge in [0.2, 0.25) is 5.91 Å². The third-order valence-electron chi connectivity index (χ3n) is 10.5. The third-order valence-corrected chi connectivity index (χ3v) is 15.0. The van der Waals surface area contributed by atoms with Gasteiger partial charge >= 0.3 is 0 Å². The Morgan fingerprint density at radius 2 is 1.35 bits per heavy atom. The van der Waals surface area contributed by atoms with Crippen molar-refractivity contribution in [2.45, 2.75) is 83.5 Å². The van der Waals surface area contributed by atoms with Crippen molar-refractivity contribution in [3.8, 4) is 11.5 Å². The van der Waals surface area contributed by atoms with Crippen molar-refractivity contribution >= 4 is 19.9 Å². The van der Waals surface area contributed by atoms with Crippen LogP contribution in [0.5, 0.6) is 11.5 Å². The molecule has 0 bridgehead atoms. The molecule has 1 aliphatic rings. The fourth-order valence-corrected chi connectivity index (χ4v) is 7.98. The number of halogens is 1. The van der Waals surface area contributed by atoms with Crippen molar-refractivity contribution in [1.29, 1.82) is 0 Å². The van der Waals surface area contributed by atoms with Gasteiger partial charge in [-0.25, -0.2) is 4.39 Å². The number of hydrogen-bond acceptors (Lipinski definition) is 4. The number of ether oxygens (including phenoxy) is 2. The number of nitrogens with zero attached hydrogens (tertiary/aromatic N) is 1. The van der Waals surface area contributed by atoms with Crippen molar-refractivity contribution in [2.75, 3.05) is 4.90 Å². The van der Waals surface area contributed by atoms with Crippen LogP contribution in [-0.4, -0.2) is 14.2 Å². The molecule has 0 spiro atoms. The van der Waals surface area contributed by atoms with Gasteiger partial charge in [0.05, 0.1) is 12.1 Å². The van der Waals surface area contributed by atoms with E-state index in [1.54, 1.807) is 0 Å². The van der Waals surface area contributed by atoms with E-state index in [0.29, 0.717) is 37.6 Å². The van der Waals surface area contributed by atoms with E-state index in [4.69, 9.17) is 13.9 Å². The summed E-state index contributed by atoms with van der Waals surface area (Å²) in [7, 11) is -2.20. The Hall–Kier alpha value is -4.72. The molecule has 5 nitrogen and oxygen atoms in total. The number of benzene rings is 5. The van der Waals surface area contributed by atoms with Crippen LogP contribution in [0.2, 0.25) is 18.1 Å². The lowest BCUT2D eigenvalue weighted by Gasteiger charge is -2.40. The number of amides is 1. The van der Waals surface area contributed by atoms with Crippen LogP contribution >= 0.6 is 0 Å². The Morgan fingerprint density at radius 1 is 0.769 bits per heavy atom. The van der Waals surface area contributed by atoms with E-state index in [0.717, 1.165) is 34.4 Å². The van der Waals surface area contributed by atoms with Crippen LogP contribution in [0.25, 0.3) is 0 Å². The molecule has 0 saturated carbocycles. The fourth-order valence-electron chi connectivity index (χ4n) is 6.67. The second kappa shape index (κ2) is 16.3. The number of hydrogen-bond donors (Lipinski definition) is 0. The maximum Gasteiger partial charge on any atom is 0.227 e. The Kier molecular flexibility index (Phi) is 11.6. The van der Waals surface area contributed by atoms with Crippen molar-refractivity contribution in [1.82, 2.24) is 0 Å². The molecule has 7 heteroatoms. The molecule has 0 unspecified atom stereocenters. The summed E-state index contributed by atoms with van der Waals surface area (Å²) in [6.07, 6.45) is 1.57. The molecule has 0 radical (unpaired) electrons. The van der Waals surface area contributed by atoms with E-state index in [1.807, 2.05) is 120 Å². The predicted octanol–water partition coefficient (Wildman–Crippen LogP) is 11.6. The summed E-state index contributed by atoms with van der Waals surface area (Å²) in [5.41, 5.74) is 4.87. The molecule has 5 aromatic rings. The summed E-state index contributed by atoms with van der Waals surface area (Å²) in [6, 6.07) is 42.5. The molecule has 6 rings (SSSR count). The second-order valence-corrected chi connectivity index (χ2v) is 20.0. The number of carbonyl (C=O) groups excluding carboxylic acids is 1. The molecule has 0 aliphatic carbocycles. The molecule has 0 N–H and O–H groups in total. The summed E-state index contributed by atoms with van der Waals surface area (Å²) in [4.78, 5) is 16.0. The van der Waals surface area contributed by atoms with Crippen LogP contribution in [-0.2, 0) is 22.4 Å². The zero-order valence-electron chi connectivity index (χ0n) is 30.9. The van der Waals surface area contributed by atoms with Crippen LogP contribution in [0.15, 0.2) is 133 Å². The molecule has 1 saturated heterocycles. The van der Waals surface area contributed by atoms with Crippen LogP contribution in [0.1, 0.15) is 74.4 Å². The predicted molar refractivity (Wildman–Crippen MR) is 209 cm³/mol. The van der Waals surface area contributed by atoms with E-state index in [9.17, 15) is 9.18 Å². The van der Waals surface area contributed by atoms with E-state index >= 15 is 0 Å². The summed E-state index contributed by atoms with van der Waals surface area (Å²) in [5, 5.41) is -0.00340. The number of carbonyl (C=O) groups is 1. The first-order chi connectivity index (χ1) is 25.0. The number of para-hydroxylation sites is 1. The highest BCUT2D eigenvalue weighted by Crippen LogP contribution is 2.49. The largest absolute Gasteiger partial charge is 0.489 e. The Bertz CT molecular complexity index is 1900. The highest BCUT2D eigenvalue weighted by Gasteiger charge is 2.44. The third kappa shape index (κ3) is 9.01. The van der Waals surface area contributed by atoms with Gasteiger partial charge in [-0.15, -0.1) is 0 Å². The molecule has 5 aromatic carbocycles. The van der Waals surface area contributed by atoms with Gasteiger partial charge in [-0.2, -0.15) is 0 Å². The first-order valence-electron chi connectivity index (χ1n) is 18.3. The van der Waals surface area contributed by atoms with Crippen molar-refractivity contribution in [3.05, 3.63) is 162 Å². The summed E-state index contributed by atoms with van der Waals surface area (Å²) in [6.45, 7) is 12.0. The molecule has 1 aliphatic heterocycles. The summed E-state index contributed by atoms with van der Waals surface area (Å²) < 4.78 is 34.0. The van der Waals surface area contributed by atoms with Crippen molar-refractivity contribution in [2.24, 2.45) is 5.92 Å². The van der Waals surface area contributed by atoms with Crippen LogP contribution in [0, 0.1) is 11.7 Å². The minimum atomic E-state index is -2.20. The zero-order valence-corrected chi connectivity index (χ0v) is 31.9. The second-order valence-electron chi connectivity index (χ2n) is 15.3. The number of anilines is 1. The van der Waals surface area contributed by atoms with Crippen LogP contribution in [0.4, 0.5) is 10.1 Å². The monoisotopic (exact) mass is 715 g/mol. The standard InChI is InChI=1S/C45H50FNO4Si/c1-45(2,3)52(4,5)51-41(35-21-24-37(46)25-22-35)28-23-36-29-43(48)47(38-19-13-8-14-20-38)44(36)40-27-26-39(49-31-33-15-9-6-10-16-33)30-42(40)50-32-34-17-11-7-12-18-34/h6-22,24-27,30,36,41,44H,23,28-29,31-32H2,1-5H3/t36-,41-,44-/m0/s1. The first kappa shape index (κ1) is 37.0. The van der Waals surface area contributed by atoms with Crippen molar-refractivity contribution in [3.63, 3.8) is 0 Å².